The Morgan fingerprint density at radius 2 is 1.35 bits per heavy atom. The minimum absolute atomic E-state index is 0.823. The Labute approximate surface area is 161 Å². The first-order valence-electron chi connectivity index (χ1n) is 8.57. The third kappa shape index (κ3) is 2.52. The summed E-state index contributed by atoms with van der Waals surface area (Å²) in [5.74, 6) is 0. The maximum Gasteiger partial charge on any atom is 0.0499 e. The van der Waals surface area contributed by atoms with Crippen molar-refractivity contribution in [3.63, 3.8) is 0 Å². The number of benzene rings is 4. The summed E-state index contributed by atoms with van der Waals surface area (Å²) in [5.41, 5.74) is 4.97. The van der Waals surface area contributed by atoms with E-state index in [9.17, 15) is 0 Å². The van der Waals surface area contributed by atoms with Gasteiger partial charge in [0.1, 0.15) is 0 Å². The van der Waals surface area contributed by atoms with E-state index in [1.54, 1.807) is 0 Å². The first-order chi connectivity index (χ1) is 12.8. The summed E-state index contributed by atoms with van der Waals surface area (Å²) in [6.07, 6.45) is 0. The fraction of sp³-hybridized carbons (Fsp3) is 0. The van der Waals surface area contributed by atoms with Crippen LogP contribution >= 0.6 is 22.9 Å². The monoisotopic (exact) mass is 370 g/mol. The summed E-state index contributed by atoms with van der Waals surface area (Å²) in [6.45, 7) is 0. The summed E-state index contributed by atoms with van der Waals surface area (Å²) < 4.78 is 2.53. The molecule has 1 heterocycles. The lowest BCUT2D eigenvalue weighted by molar-refractivity contribution is 1.61. The zero-order valence-electron chi connectivity index (χ0n) is 13.9. The van der Waals surface area contributed by atoms with Crippen LogP contribution in [0.15, 0.2) is 91.0 Å². The summed E-state index contributed by atoms with van der Waals surface area (Å²) in [6, 6.07) is 31.9. The summed E-state index contributed by atoms with van der Waals surface area (Å²) in [4.78, 5) is 0. The van der Waals surface area contributed by atoms with Crippen molar-refractivity contribution < 1.29 is 0 Å². The molecule has 124 valence electrons. The minimum Gasteiger partial charge on any atom is -0.134 e. The lowest BCUT2D eigenvalue weighted by Crippen LogP contribution is -1.81. The molecule has 5 aromatic rings. The maximum absolute atomic E-state index is 6.49. The molecule has 0 bridgehead atoms. The third-order valence-corrected chi connectivity index (χ3v) is 6.27. The standard InChI is InChI=1S/C24H15ClS/c25-21-13-6-14-22-23(21)20-12-5-11-19(24(20)26-22)18-10-4-9-17(15-18)16-7-2-1-3-8-16/h1-15H. The van der Waals surface area contributed by atoms with Gasteiger partial charge in [-0.25, -0.2) is 0 Å². The number of rotatable bonds is 2. The number of thiophene rings is 1. The van der Waals surface area contributed by atoms with Crippen LogP contribution in [0.5, 0.6) is 0 Å². The molecule has 0 aliphatic rings. The molecule has 0 spiro atoms. The van der Waals surface area contributed by atoms with Gasteiger partial charge in [-0.1, -0.05) is 84.4 Å². The third-order valence-electron chi connectivity index (χ3n) is 4.75. The highest BCUT2D eigenvalue weighted by atomic mass is 35.5. The van der Waals surface area contributed by atoms with Crippen LogP contribution in [0.1, 0.15) is 0 Å². The molecule has 0 aliphatic carbocycles. The molecule has 0 aliphatic heterocycles. The number of fused-ring (bicyclic) bond motifs is 3. The van der Waals surface area contributed by atoms with E-state index in [2.05, 4.69) is 78.9 Å². The Balaban J connectivity index is 1.75. The lowest BCUT2D eigenvalue weighted by atomic mass is 9.98. The quantitative estimate of drug-likeness (QED) is 0.295. The number of halogens is 1. The number of hydrogen-bond acceptors (Lipinski definition) is 1. The van der Waals surface area contributed by atoms with Crippen LogP contribution in [0.25, 0.3) is 42.4 Å². The van der Waals surface area contributed by atoms with Crippen LogP contribution in [-0.4, -0.2) is 0 Å². The van der Waals surface area contributed by atoms with Crippen molar-refractivity contribution in [1.29, 1.82) is 0 Å². The number of hydrogen-bond donors (Lipinski definition) is 0. The van der Waals surface area contributed by atoms with Crippen molar-refractivity contribution in [1.82, 2.24) is 0 Å². The Kier molecular flexibility index (Phi) is 3.77. The second-order valence-corrected chi connectivity index (χ2v) is 7.80. The smallest absolute Gasteiger partial charge is 0.0499 e. The molecule has 0 amide bonds. The van der Waals surface area contributed by atoms with Gasteiger partial charge in [0.25, 0.3) is 0 Å². The largest absolute Gasteiger partial charge is 0.134 e. The average molecular weight is 371 g/mol. The van der Waals surface area contributed by atoms with Gasteiger partial charge in [0, 0.05) is 25.2 Å². The molecule has 26 heavy (non-hydrogen) atoms. The molecule has 4 aromatic carbocycles. The highest BCUT2D eigenvalue weighted by Gasteiger charge is 2.12. The Hall–Kier alpha value is -2.61. The highest BCUT2D eigenvalue weighted by Crippen LogP contribution is 2.42. The average Bonchev–Trinajstić information content (AvgIpc) is 3.09. The van der Waals surface area contributed by atoms with Gasteiger partial charge in [-0.3, -0.25) is 0 Å². The van der Waals surface area contributed by atoms with Gasteiger partial charge in [-0.15, -0.1) is 11.3 Å². The molecule has 0 fully saturated rings. The summed E-state index contributed by atoms with van der Waals surface area (Å²) in [5, 5.41) is 3.22. The van der Waals surface area contributed by atoms with Crippen LogP contribution in [-0.2, 0) is 0 Å². The van der Waals surface area contributed by atoms with Crippen molar-refractivity contribution in [2.24, 2.45) is 0 Å². The van der Waals surface area contributed by atoms with E-state index >= 15 is 0 Å². The fourth-order valence-corrected chi connectivity index (χ4v) is 5.13. The van der Waals surface area contributed by atoms with Crippen molar-refractivity contribution in [3.8, 4) is 22.3 Å². The lowest BCUT2D eigenvalue weighted by Gasteiger charge is -2.07. The van der Waals surface area contributed by atoms with Gasteiger partial charge in [0.2, 0.25) is 0 Å². The molecule has 0 saturated carbocycles. The summed E-state index contributed by atoms with van der Waals surface area (Å²) >= 11 is 8.30. The molecule has 5 rings (SSSR count). The normalized spacial score (nSPS) is 11.3. The second kappa shape index (κ2) is 6.28. The van der Waals surface area contributed by atoms with E-state index in [0.717, 1.165) is 10.4 Å². The SMILES string of the molecule is Clc1cccc2sc3c(-c4cccc(-c5ccccc5)c4)cccc3c12. The molecule has 1 aromatic heterocycles. The van der Waals surface area contributed by atoms with Gasteiger partial charge in [-0.05, 0) is 40.5 Å². The van der Waals surface area contributed by atoms with Gasteiger partial charge < -0.3 is 0 Å². The Bertz CT molecular complexity index is 1240. The second-order valence-electron chi connectivity index (χ2n) is 6.34. The minimum atomic E-state index is 0.823. The zero-order chi connectivity index (χ0) is 17.5. The van der Waals surface area contributed by atoms with Crippen LogP contribution in [0.3, 0.4) is 0 Å². The molecule has 0 nitrogen and oxygen atoms in total. The van der Waals surface area contributed by atoms with E-state index in [-0.39, 0.29) is 0 Å². The zero-order valence-corrected chi connectivity index (χ0v) is 15.5. The van der Waals surface area contributed by atoms with Crippen molar-refractivity contribution in [3.05, 3.63) is 96.0 Å². The van der Waals surface area contributed by atoms with Crippen LogP contribution in [0.4, 0.5) is 0 Å². The van der Waals surface area contributed by atoms with E-state index in [0.29, 0.717) is 0 Å². The molecule has 0 unspecified atom stereocenters. The molecule has 0 radical (unpaired) electrons. The highest BCUT2D eigenvalue weighted by molar-refractivity contribution is 7.26. The van der Waals surface area contributed by atoms with Crippen LogP contribution in [0.2, 0.25) is 5.02 Å². The van der Waals surface area contributed by atoms with Gasteiger partial charge >= 0.3 is 0 Å². The molecule has 0 atom stereocenters. The molecule has 0 saturated heterocycles. The topological polar surface area (TPSA) is 0 Å². The van der Waals surface area contributed by atoms with Crippen molar-refractivity contribution in [2.75, 3.05) is 0 Å². The van der Waals surface area contributed by atoms with Crippen LogP contribution < -0.4 is 0 Å². The van der Waals surface area contributed by atoms with Crippen molar-refractivity contribution in [2.45, 2.75) is 0 Å². The predicted molar refractivity (Wildman–Crippen MR) is 115 cm³/mol. The van der Waals surface area contributed by atoms with Crippen molar-refractivity contribution >= 4 is 43.1 Å². The van der Waals surface area contributed by atoms with E-state index < -0.39 is 0 Å². The van der Waals surface area contributed by atoms with Gasteiger partial charge in [0.15, 0.2) is 0 Å². The van der Waals surface area contributed by atoms with E-state index in [4.69, 9.17) is 11.6 Å². The summed E-state index contributed by atoms with van der Waals surface area (Å²) in [7, 11) is 0. The first-order valence-corrected chi connectivity index (χ1v) is 9.76. The predicted octanol–water partition coefficient (Wildman–Crippen LogP) is 8.04. The Morgan fingerprint density at radius 3 is 2.23 bits per heavy atom. The molecule has 2 heteroatoms. The van der Waals surface area contributed by atoms with Gasteiger partial charge in [-0.2, -0.15) is 0 Å². The van der Waals surface area contributed by atoms with Gasteiger partial charge in [0.05, 0.1) is 0 Å². The van der Waals surface area contributed by atoms with Crippen LogP contribution in [0, 0.1) is 0 Å². The first kappa shape index (κ1) is 15.6. The maximum atomic E-state index is 6.49. The van der Waals surface area contributed by atoms with E-state index in [1.807, 2.05) is 23.5 Å². The fourth-order valence-electron chi connectivity index (χ4n) is 3.53. The molecular formula is C24H15ClS. The molecule has 0 N–H and O–H groups in total. The molecular weight excluding hydrogens is 356 g/mol. The van der Waals surface area contributed by atoms with E-state index in [1.165, 1.54) is 37.0 Å². The Morgan fingerprint density at radius 1 is 0.615 bits per heavy atom.